The maximum absolute atomic E-state index is 14.3. The minimum absolute atomic E-state index is 0.0369. The Labute approximate surface area is 248 Å². The molecule has 0 saturated carbocycles. The average Bonchev–Trinajstić information content (AvgIpc) is 3.45. The van der Waals surface area contributed by atoms with Crippen molar-refractivity contribution in [1.29, 1.82) is 0 Å². The molecule has 1 heterocycles. The SMILES string of the molecule is CCS(=O)(=O)N(CC(=O)N(Cc1cccc(C)c1)[C@H](Cc1ccccc1)C(=O)NCC(C)C)c1ccc2c(c1)OCO2. The lowest BCUT2D eigenvalue weighted by Gasteiger charge is -2.34. The second-order valence-electron chi connectivity index (χ2n) is 10.8. The van der Waals surface area contributed by atoms with Crippen LogP contribution in [-0.4, -0.2) is 56.8 Å². The number of anilines is 1. The van der Waals surface area contributed by atoms with Crippen LogP contribution in [-0.2, 0) is 32.6 Å². The molecule has 1 aliphatic rings. The molecule has 1 aliphatic heterocycles. The van der Waals surface area contributed by atoms with E-state index in [1.165, 1.54) is 11.8 Å². The first-order chi connectivity index (χ1) is 20.1. The molecule has 0 bridgehead atoms. The van der Waals surface area contributed by atoms with Crippen LogP contribution < -0.4 is 19.1 Å². The predicted molar refractivity (Wildman–Crippen MR) is 163 cm³/mol. The highest BCUT2D eigenvalue weighted by Gasteiger charge is 2.34. The number of carbonyl (C=O) groups is 2. The molecule has 10 heteroatoms. The predicted octanol–water partition coefficient (Wildman–Crippen LogP) is 4.29. The summed E-state index contributed by atoms with van der Waals surface area (Å²) in [5.41, 5.74) is 3.03. The lowest BCUT2D eigenvalue weighted by atomic mass is 10.0. The van der Waals surface area contributed by atoms with Crippen molar-refractivity contribution in [3.63, 3.8) is 0 Å². The molecular formula is C32H39N3O6S. The number of hydrogen-bond acceptors (Lipinski definition) is 6. The van der Waals surface area contributed by atoms with Gasteiger partial charge < -0.3 is 19.7 Å². The highest BCUT2D eigenvalue weighted by Crippen LogP contribution is 2.36. The summed E-state index contributed by atoms with van der Waals surface area (Å²) in [7, 11) is -3.88. The van der Waals surface area contributed by atoms with E-state index in [0.717, 1.165) is 21.0 Å². The van der Waals surface area contributed by atoms with Gasteiger partial charge in [0.1, 0.15) is 12.6 Å². The maximum atomic E-state index is 14.3. The van der Waals surface area contributed by atoms with E-state index in [2.05, 4.69) is 5.32 Å². The molecule has 0 radical (unpaired) electrons. The standard InChI is InChI=1S/C32H39N3O6S/c1-5-42(38,39)35(27-14-15-29-30(18-27)41-22-40-29)21-31(36)34(20-26-13-9-10-24(4)16-26)28(32(37)33-19-23(2)3)17-25-11-7-6-8-12-25/h6-16,18,23,28H,5,17,19-22H2,1-4H3,(H,33,37)/t28-/m1/s1. The van der Waals surface area contributed by atoms with E-state index in [0.29, 0.717) is 18.0 Å². The Morgan fingerprint density at radius 1 is 0.929 bits per heavy atom. The number of amides is 2. The lowest BCUT2D eigenvalue weighted by Crippen LogP contribution is -2.54. The van der Waals surface area contributed by atoms with Crippen molar-refractivity contribution in [2.24, 2.45) is 5.92 Å². The Kier molecular flexibility index (Phi) is 10.1. The zero-order valence-electron chi connectivity index (χ0n) is 24.6. The number of sulfonamides is 1. The fourth-order valence-corrected chi connectivity index (χ4v) is 5.80. The molecule has 0 fully saturated rings. The van der Waals surface area contributed by atoms with Gasteiger partial charge in [0, 0.05) is 25.6 Å². The van der Waals surface area contributed by atoms with E-state index in [-0.39, 0.29) is 43.0 Å². The van der Waals surface area contributed by atoms with Crippen LogP contribution >= 0.6 is 0 Å². The van der Waals surface area contributed by atoms with Crippen molar-refractivity contribution in [1.82, 2.24) is 10.2 Å². The summed E-state index contributed by atoms with van der Waals surface area (Å²) in [6.45, 7) is 7.63. The third-order valence-corrected chi connectivity index (χ3v) is 8.76. The zero-order chi connectivity index (χ0) is 30.3. The molecule has 0 aromatic heterocycles. The number of nitrogens with zero attached hydrogens (tertiary/aromatic N) is 2. The molecule has 0 saturated heterocycles. The Morgan fingerprint density at radius 3 is 2.33 bits per heavy atom. The van der Waals surface area contributed by atoms with Crippen LogP contribution in [0.5, 0.6) is 11.5 Å². The number of ether oxygens (including phenoxy) is 2. The van der Waals surface area contributed by atoms with Gasteiger partial charge in [-0.25, -0.2) is 8.42 Å². The second-order valence-corrected chi connectivity index (χ2v) is 13.0. The number of rotatable bonds is 13. The maximum Gasteiger partial charge on any atom is 0.244 e. The zero-order valence-corrected chi connectivity index (χ0v) is 25.4. The molecule has 224 valence electrons. The molecule has 9 nitrogen and oxygen atoms in total. The van der Waals surface area contributed by atoms with Crippen LogP contribution in [0.15, 0.2) is 72.8 Å². The van der Waals surface area contributed by atoms with E-state index in [9.17, 15) is 18.0 Å². The Hall–Kier alpha value is -4.05. The fraction of sp³-hybridized carbons (Fsp3) is 0.375. The first-order valence-electron chi connectivity index (χ1n) is 14.1. The summed E-state index contributed by atoms with van der Waals surface area (Å²) in [6, 6.07) is 21.1. The highest BCUT2D eigenvalue weighted by atomic mass is 32.2. The molecule has 3 aromatic carbocycles. The van der Waals surface area contributed by atoms with Gasteiger partial charge in [-0.2, -0.15) is 0 Å². The topological polar surface area (TPSA) is 105 Å². The summed E-state index contributed by atoms with van der Waals surface area (Å²) >= 11 is 0. The van der Waals surface area contributed by atoms with Crippen LogP contribution in [0.1, 0.15) is 37.5 Å². The molecule has 42 heavy (non-hydrogen) atoms. The number of carbonyl (C=O) groups excluding carboxylic acids is 2. The van der Waals surface area contributed by atoms with Gasteiger partial charge in [0.15, 0.2) is 11.5 Å². The molecule has 1 atom stereocenters. The van der Waals surface area contributed by atoms with Crippen LogP contribution in [0.3, 0.4) is 0 Å². The Morgan fingerprint density at radius 2 is 1.64 bits per heavy atom. The largest absolute Gasteiger partial charge is 0.454 e. The second kappa shape index (κ2) is 13.7. The quantitative estimate of drug-likeness (QED) is 0.317. The van der Waals surface area contributed by atoms with Crippen molar-refractivity contribution < 1.29 is 27.5 Å². The van der Waals surface area contributed by atoms with Gasteiger partial charge >= 0.3 is 0 Å². The third kappa shape index (κ3) is 7.82. The number of fused-ring (bicyclic) bond motifs is 1. The number of benzene rings is 3. The van der Waals surface area contributed by atoms with Crippen molar-refractivity contribution >= 4 is 27.5 Å². The Bertz CT molecular complexity index is 1490. The summed E-state index contributed by atoms with van der Waals surface area (Å²) < 4.78 is 38.6. The molecule has 0 unspecified atom stereocenters. The van der Waals surface area contributed by atoms with Crippen LogP contribution in [0, 0.1) is 12.8 Å². The van der Waals surface area contributed by atoms with Crippen LogP contribution in [0.2, 0.25) is 0 Å². The molecule has 3 aromatic rings. The minimum atomic E-state index is -3.88. The summed E-state index contributed by atoms with van der Waals surface area (Å²) in [5, 5.41) is 2.99. The van der Waals surface area contributed by atoms with E-state index in [4.69, 9.17) is 9.47 Å². The number of nitrogens with one attached hydrogen (secondary N) is 1. The smallest absolute Gasteiger partial charge is 0.244 e. The third-order valence-electron chi connectivity index (χ3n) is 7.01. The Balaban J connectivity index is 1.74. The van der Waals surface area contributed by atoms with E-state index < -0.39 is 28.5 Å². The van der Waals surface area contributed by atoms with E-state index in [1.807, 2.05) is 75.4 Å². The first-order valence-corrected chi connectivity index (χ1v) is 15.7. The van der Waals surface area contributed by atoms with E-state index in [1.54, 1.807) is 18.2 Å². The summed E-state index contributed by atoms with van der Waals surface area (Å²) in [4.78, 5) is 29.5. The van der Waals surface area contributed by atoms with Gasteiger partial charge in [0.25, 0.3) is 0 Å². The molecule has 0 spiro atoms. The van der Waals surface area contributed by atoms with Gasteiger partial charge in [0.05, 0.1) is 11.4 Å². The van der Waals surface area contributed by atoms with Crippen molar-refractivity contribution in [2.75, 3.05) is 29.9 Å². The van der Waals surface area contributed by atoms with Crippen molar-refractivity contribution in [2.45, 2.75) is 46.7 Å². The molecular weight excluding hydrogens is 554 g/mol. The molecule has 2 amide bonds. The fourth-order valence-electron chi connectivity index (χ4n) is 4.74. The van der Waals surface area contributed by atoms with E-state index >= 15 is 0 Å². The van der Waals surface area contributed by atoms with Crippen LogP contribution in [0.4, 0.5) is 5.69 Å². The number of aryl methyl sites for hydroxylation is 1. The monoisotopic (exact) mass is 593 g/mol. The van der Waals surface area contributed by atoms with Crippen molar-refractivity contribution in [3.8, 4) is 11.5 Å². The normalized spacial score (nSPS) is 13.1. The number of hydrogen-bond donors (Lipinski definition) is 1. The summed E-state index contributed by atoms with van der Waals surface area (Å²) in [6.07, 6.45) is 0.271. The molecule has 1 N–H and O–H groups in total. The van der Waals surface area contributed by atoms with Gasteiger partial charge in [-0.3, -0.25) is 13.9 Å². The minimum Gasteiger partial charge on any atom is -0.454 e. The van der Waals surface area contributed by atoms with Gasteiger partial charge in [-0.1, -0.05) is 74.0 Å². The highest BCUT2D eigenvalue weighted by molar-refractivity contribution is 7.92. The molecule has 0 aliphatic carbocycles. The van der Waals surface area contributed by atoms with Gasteiger partial charge in [-0.15, -0.1) is 0 Å². The average molecular weight is 594 g/mol. The molecule has 4 rings (SSSR count). The lowest BCUT2D eigenvalue weighted by molar-refractivity contribution is -0.140. The van der Waals surface area contributed by atoms with Gasteiger partial charge in [-0.05, 0) is 43.0 Å². The van der Waals surface area contributed by atoms with Crippen molar-refractivity contribution in [3.05, 3.63) is 89.5 Å². The first kappa shape index (κ1) is 30.9. The van der Waals surface area contributed by atoms with Crippen LogP contribution in [0.25, 0.3) is 0 Å². The van der Waals surface area contributed by atoms with Gasteiger partial charge in [0.2, 0.25) is 28.6 Å². The summed E-state index contributed by atoms with van der Waals surface area (Å²) in [5.74, 6) is 0.124.